The molecule has 7 heteroatoms. The predicted octanol–water partition coefficient (Wildman–Crippen LogP) is 2.59. The van der Waals surface area contributed by atoms with Gasteiger partial charge >= 0.3 is 6.09 Å². The molecule has 0 spiro atoms. The van der Waals surface area contributed by atoms with Gasteiger partial charge in [0.1, 0.15) is 11.3 Å². The lowest BCUT2D eigenvalue weighted by Crippen LogP contribution is -2.53. The quantitative estimate of drug-likeness (QED) is 0.675. The Hall–Kier alpha value is -2.70. The van der Waals surface area contributed by atoms with E-state index >= 15 is 0 Å². The third-order valence-corrected chi connectivity index (χ3v) is 4.67. The summed E-state index contributed by atoms with van der Waals surface area (Å²) in [4.78, 5) is 20.1. The minimum absolute atomic E-state index is 0.243. The van der Waals surface area contributed by atoms with E-state index in [0.717, 1.165) is 41.3 Å². The molecule has 1 N–H and O–H groups in total. The molecule has 0 atom stereocenters. The first-order chi connectivity index (χ1) is 12.6. The monoisotopic (exact) mass is 358 g/mol. The van der Waals surface area contributed by atoms with E-state index in [4.69, 9.17) is 9.15 Å². The lowest BCUT2D eigenvalue weighted by molar-refractivity contribution is 0.0914. The third kappa shape index (κ3) is 3.76. The number of carbonyl (C=O) groups is 1. The lowest BCUT2D eigenvalue weighted by atomic mass is 10.1. The van der Waals surface area contributed by atoms with Gasteiger partial charge in [-0.15, -0.1) is 0 Å². The molecule has 3 rings (SSSR count). The third-order valence-electron chi connectivity index (χ3n) is 4.67. The Labute approximate surface area is 153 Å². The van der Waals surface area contributed by atoms with Crippen LogP contribution in [0.2, 0.25) is 0 Å². The van der Waals surface area contributed by atoms with Crippen LogP contribution in [-0.2, 0) is 11.3 Å². The van der Waals surface area contributed by atoms with Gasteiger partial charge in [-0.2, -0.15) is 0 Å². The summed E-state index contributed by atoms with van der Waals surface area (Å²) < 4.78 is 11.0. The predicted molar refractivity (Wildman–Crippen MR) is 101 cm³/mol. The number of para-hydroxylation sites is 1. The van der Waals surface area contributed by atoms with Crippen molar-refractivity contribution in [1.82, 2.24) is 15.1 Å². The summed E-state index contributed by atoms with van der Waals surface area (Å²) in [5, 5.41) is 4.51. The molecule has 1 aromatic heterocycles. The number of guanidine groups is 1. The molecule has 2 heterocycles. The summed E-state index contributed by atoms with van der Waals surface area (Å²) in [7, 11) is 1.77. The van der Waals surface area contributed by atoms with E-state index in [2.05, 4.69) is 28.2 Å². The number of nitrogens with zero attached hydrogens (tertiary/aromatic N) is 3. The SMILES string of the molecule is CCOC(=O)N1CCN(C(=NC)NCc2oc3ccccc3c2C)CC1. The summed E-state index contributed by atoms with van der Waals surface area (Å²) in [6.07, 6.45) is -0.243. The summed E-state index contributed by atoms with van der Waals surface area (Å²) in [5.41, 5.74) is 2.05. The Morgan fingerprint density at radius 1 is 1.23 bits per heavy atom. The number of rotatable bonds is 3. The minimum Gasteiger partial charge on any atom is -0.459 e. The molecule has 1 fully saturated rings. The maximum Gasteiger partial charge on any atom is 0.409 e. The Kier molecular flexibility index (Phi) is 5.65. The molecular formula is C19H26N4O3. The molecule has 0 saturated carbocycles. The number of benzene rings is 1. The number of hydrogen-bond acceptors (Lipinski definition) is 4. The van der Waals surface area contributed by atoms with Crippen LogP contribution in [0.25, 0.3) is 11.0 Å². The Morgan fingerprint density at radius 3 is 2.58 bits per heavy atom. The van der Waals surface area contributed by atoms with Crippen molar-refractivity contribution >= 4 is 23.0 Å². The number of hydrogen-bond donors (Lipinski definition) is 1. The Balaban J connectivity index is 1.58. The number of aliphatic imine (C=N–C) groups is 1. The van der Waals surface area contributed by atoms with Gasteiger partial charge in [0.25, 0.3) is 0 Å². The van der Waals surface area contributed by atoms with Crippen LogP contribution in [0.4, 0.5) is 4.79 Å². The second-order valence-corrected chi connectivity index (χ2v) is 6.22. The van der Waals surface area contributed by atoms with E-state index in [-0.39, 0.29) is 6.09 Å². The standard InChI is InChI=1S/C19H26N4O3/c1-4-25-19(24)23-11-9-22(10-12-23)18(20-3)21-13-17-14(2)15-7-5-6-8-16(15)26-17/h5-8H,4,9-13H2,1-3H3,(H,20,21). The highest BCUT2D eigenvalue weighted by molar-refractivity contribution is 5.83. The maximum atomic E-state index is 11.8. The van der Waals surface area contributed by atoms with E-state index in [9.17, 15) is 4.79 Å². The number of furan rings is 1. The molecule has 0 radical (unpaired) electrons. The largest absolute Gasteiger partial charge is 0.459 e. The molecule has 1 aliphatic heterocycles. The fraction of sp³-hybridized carbons (Fsp3) is 0.474. The van der Waals surface area contributed by atoms with Gasteiger partial charge in [0.15, 0.2) is 5.96 Å². The van der Waals surface area contributed by atoms with Crippen molar-refractivity contribution in [3.63, 3.8) is 0 Å². The molecule has 7 nitrogen and oxygen atoms in total. The molecule has 0 bridgehead atoms. The number of fused-ring (bicyclic) bond motifs is 1. The van der Waals surface area contributed by atoms with Crippen molar-refractivity contribution < 1.29 is 13.9 Å². The van der Waals surface area contributed by atoms with Crippen LogP contribution < -0.4 is 5.32 Å². The fourth-order valence-corrected chi connectivity index (χ4v) is 3.20. The number of amides is 1. The summed E-state index contributed by atoms with van der Waals surface area (Å²) >= 11 is 0. The molecule has 0 unspecified atom stereocenters. The first kappa shape index (κ1) is 18.1. The molecule has 140 valence electrons. The normalized spacial score (nSPS) is 15.4. The van der Waals surface area contributed by atoms with Gasteiger partial charge in [-0.1, -0.05) is 18.2 Å². The highest BCUT2D eigenvalue weighted by atomic mass is 16.6. The van der Waals surface area contributed by atoms with Crippen molar-refractivity contribution in [2.24, 2.45) is 4.99 Å². The average Bonchev–Trinajstić information content (AvgIpc) is 2.99. The first-order valence-electron chi connectivity index (χ1n) is 8.98. The molecule has 2 aromatic rings. The minimum atomic E-state index is -0.243. The second-order valence-electron chi connectivity index (χ2n) is 6.22. The van der Waals surface area contributed by atoms with Gasteiger partial charge in [0.05, 0.1) is 13.2 Å². The van der Waals surface area contributed by atoms with Gasteiger partial charge in [0, 0.05) is 44.2 Å². The number of aryl methyl sites for hydroxylation is 1. The number of carbonyl (C=O) groups excluding carboxylic acids is 1. The van der Waals surface area contributed by atoms with Crippen LogP contribution >= 0.6 is 0 Å². The van der Waals surface area contributed by atoms with Crippen LogP contribution in [0.1, 0.15) is 18.2 Å². The molecule has 0 aliphatic carbocycles. The van der Waals surface area contributed by atoms with Crippen LogP contribution in [0.5, 0.6) is 0 Å². The maximum absolute atomic E-state index is 11.8. The van der Waals surface area contributed by atoms with Crippen LogP contribution in [0, 0.1) is 6.92 Å². The summed E-state index contributed by atoms with van der Waals surface area (Å²) in [6, 6.07) is 8.05. The second kappa shape index (κ2) is 8.12. The van der Waals surface area contributed by atoms with Gasteiger partial charge < -0.3 is 24.3 Å². The smallest absolute Gasteiger partial charge is 0.409 e. The fourth-order valence-electron chi connectivity index (χ4n) is 3.20. The van der Waals surface area contributed by atoms with E-state index in [1.165, 1.54) is 0 Å². The van der Waals surface area contributed by atoms with Gasteiger partial charge in [0.2, 0.25) is 0 Å². The van der Waals surface area contributed by atoms with E-state index < -0.39 is 0 Å². The van der Waals surface area contributed by atoms with Crippen LogP contribution in [0.15, 0.2) is 33.7 Å². The first-order valence-corrected chi connectivity index (χ1v) is 8.98. The molecule has 26 heavy (non-hydrogen) atoms. The van der Waals surface area contributed by atoms with E-state index in [0.29, 0.717) is 26.2 Å². The summed E-state index contributed by atoms with van der Waals surface area (Å²) in [6.45, 7) is 7.57. The lowest BCUT2D eigenvalue weighted by Gasteiger charge is -2.35. The Morgan fingerprint density at radius 2 is 1.92 bits per heavy atom. The van der Waals surface area contributed by atoms with Crippen molar-refractivity contribution in [1.29, 1.82) is 0 Å². The molecular weight excluding hydrogens is 332 g/mol. The van der Waals surface area contributed by atoms with Crippen LogP contribution in [0.3, 0.4) is 0 Å². The number of piperazine rings is 1. The topological polar surface area (TPSA) is 70.3 Å². The molecule has 1 amide bonds. The number of ether oxygens (including phenoxy) is 1. The van der Waals surface area contributed by atoms with Gasteiger partial charge in [-0.05, 0) is 19.9 Å². The summed E-state index contributed by atoms with van der Waals surface area (Å²) in [5.74, 6) is 1.73. The van der Waals surface area contributed by atoms with E-state index in [1.807, 2.05) is 25.1 Å². The highest BCUT2D eigenvalue weighted by Crippen LogP contribution is 2.24. The van der Waals surface area contributed by atoms with Crippen molar-refractivity contribution in [3.05, 3.63) is 35.6 Å². The zero-order valence-corrected chi connectivity index (χ0v) is 15.6. The van der Waals surface area contributed by atoms with Gasteiger partial charge in [-0.3, -0.25) is 4.99 Å². The van der Waals surface area contributed by atoms with Crippen molar-refractivity contribution in [2.45, 2.75) is 20.4 Å². The zero-order valence-electron chi connectivity index (χ0n) is 15.6. The molecule has 1 aromatic carbocycles. The number of nitrogens with one attached hydrogen (secondary N) is 1. The average molecular weight is 358 g/mol. The van der Waals surface area contributed by atoms with Gasteiger partial charge in [-0.25, -0.2) is 4.79 Å². The zero-order chi connectivity index (χ0) is 18.5. The van der Waals surface area contributed by atoms with Crippen molar-refractivity contribution in [3.8, 4) is 0 Å². The highest BCUT2D eigenvalue weighted by Gasteiger charge is 2.24. The Bertz CT molecular complexity index is 791. The molecule has 1 saturated heterocycles. The van der Waals surface area contributed by atoms with E-state index in [1.54, 1.807) is 11.9 Å². The van der Waals surface area contributed by atoms with Crippen LogP contribution in [-0.4, -0.2) is 61.7 Å². The molecule has 1 aliphatic rings. The van der Waals surface area contributed by atoms with Crippen molar-refractivity contribution in [2.75, 3.05) is 39.8 Å².